The number of rotatable bonds is 7. The van der Waals surface area contributed by atoms with Gasteiger partial charge in [-0.3, -0.25) is 4.79 Å². The Morgan fingerprint density at radius 1 is 1.40 bits per heavy atom. The maximum atomic E-state index is 12.6. The Bertz CT molecular complexity index is 743. The van der Waals surface area contributed by atoms with Crippen LogP contribution in [0.3, 0.4) is 0 Å². The van der Waals surface area contributed by atoms with Crippen LogP contribution < -0.4 is 5.32 Å². The molecule has 2 heterocycles. The van der Waals surface area contributed by atoms with Gasteiger partial charge in [0.15, 0.2) is 6.10 Å². The Morgan fingerprint density at radius 2 is 2.16 bits per heavy atom. The molecule has 1 N–H and O–H groups in total. The van der Waals surface area contributed by atoms with E-state index in [-0.39, 0.29) is 11.9 Å². The average molecular weight is 362 g/mol. The summed E-state index contributed by atoms with van der Waals surface area (Å²) in [5.74, 6) is -0.571. The Hall–Kier alpha value is -1.82. The molecule has 1 amide bonds. The average Bonchev–Trinajstić information content (AvgIpc) is 3.31. The highest BCUT2D eigenvalue weighted by Crippen LogP contribution is 2.25. The van der Waals surface area contributed by atoms with Crippen LogP contribution in [0.1, 0.15) is 62.4 Å². The lowest BCUT2D eigenvalue weighted by Crippen LogP contribution is -2.42. The molecule has 1 aliphatic carbocycles. The highest BCUT2D eigenvalue weighted by atomic mass is 32.1. The van der Waals surface area contributed by atoms with Gasteiger partial charge in [-0.15, -0.1) is 11.3 Å². The van der Waals surface area contributed by atoms with Gasteiger partial charge < -0.3 is 14.6 Å². The second-order valence-corrected chi connectivity index (χ2v) is 7.73. The first kappa shape index (κ1) is 18.0. The van der Waals surface area contributed by atoms with Crippen LogP contribution in [-0.2, 0) is 16.6 Å². The van der Waals surface area contributed by atoms with E-state index in [4.69, 9.17) is 4.74 Å². The van der Waals surface area contributed by atoms with Crippen LogP contribution in [0.4, 0.5) is 0 Å². The number of ether oxygens (including phenoxy) is 1. The highest BCUT2D eigenvalue weighted by molar-refractivity contribution is 7.17. The predicted octanol–water partition coefficient (Wildman–Crippen LogP) is 4.01. The summed E-state index contributed by atoms with van der Waals surface area (Å²) < 4.78 is 8.51. The van der Waals surface area contributed by atoms with E-state index in [1.54, 1.807) is 11.3 Å². The molecule has 0 saturated heterocycles. The molecule has 1 fully saturated rings. The van der Waals surface area contributed by atoms with Gasteiger partial charge >= 0.3 is 5.97 Å². The van der Waals surface area contributed by atoms with Gasteiger partial charge in [0.1, 0.15) is 5.69 Å². The van der Waals surface area contributed by atoms with Crippen molar-refractivity contribution >= 4 is 33.4 Å². The smallest absolute Gasteiger partial charge is 0.355 e. The highest BCUT2D eigenvalue weighted by Gasteiger charge is 2.27. The summed E-state index contributed by atoms with van der Waals surface area (Å²) in [5, 5.41) is 5.06. The number of aryl methyl sites for hydroxylation is 1. The number of esters is 1. The van der Waals surface area contributed by atoms with E-state index in [1.807, 2.05) is 29.1 Å². The minimum Gasteiger partial charge on any atom is -0.448 e. The van der Waals surface area contributed by atoms with E-state index >= 15 is 0 Å². The van der Waals surface area contributed by atoms with E-state index in [2.05, 4.69) is 12.2 Å². The summed E-state index contributed by atoms with van der Waals surface area (Å²) in [7, 11) is 1.85. The number of carbonyl (C=O) groups excluding carboxylic acids is 2. The van der Waals surface area contributed by atoms with Crippen molar-refractivity contribution in [3.05, 3.63) is 23.2 Å². The van der Waals surface area contributed by atoms with Crippen LogP contribution in [0.25, 0.3) is 10.2 Å². The van der Waals surface area contributed by atoms with E-state index in [9.17, 15) is 9.59 Å². The molecule has 1 saturated carbocycles. The number of fused-ring (bicyclic) bond motifs is 1. The van der Waals surface area contributed by atoms with Crippen LogP contribution in [0, 0.1) is 0 Å². The third-order valence-corrected chi connectivity index (χ3v) is 5.79. The van der Waals surface area contributed by atoms with Crippen LogP contribution in [0.5, 0.6) is 0 Å². The zero-order valence-corrected chi connectivity index (χ0v) is 15.7. The van der Waals surface area contributed by atoms with Gasteiger partial charge in [-0.2, -0.15) is 0 Å². The molecule has 2 aromatic heterocycles. The minimum absolute atomic E-state index is 0.148. The van der Waals surface area contributed by atoms with E-state index < -0.39 is 12.1 Å². The Morgan fingerprint density at radius 3 is 2.84 bits per heavy atom. The Labute approximate surface area is 152 Å². The molecule has 0 aliphatic heterocycles. The van der Waals surface area contributed by atoms with E-state index in [0.29, 0.717) is 12.1 Å². The number of unbranched alkanes of at least 4 members (excludes halogenated alkanes) is 1. The van der Waals surface area contributed by atoms with Crippen LogP contribution in [0.2, 0.25) is 0 Å². The SMILES string of the molecule is CCCCC(OC(=O)c1cc2sccc2n1C)C(=O)NC1CCCC1. The van der Waals surface area contributed by atoms with Crippen molar-refractivity contribution in [2.24, 2.45) is 7.05 Å². The lowest BCUT2D eigenvalue weighted by atomic mass is 10.1. The summed E-state index contributed by atoms with van der Waals surface area (Å²) in [6.45, 7) is 2.07. The van der Waals surface area contributed by atoms with Crippen molar-refractivity contribution in [1.29, 1.82) is 0 Å². The number of nitrogens with zero attached hydrogens (tertiary/aromatic N) is 1. The molecule has 3 rings (SSSR count). The van der Waals surface area contributed by atoms with E-state index in [1.165, 1.54) is 0 Å². The first-order chi connectivity index (χ1) is 12.1. The largest absolute Gasteiger partial charge is 0.448 e. The number of hydrogen-bond donors (Lipinski definition) is 1. The number of aromatic nitrogens is 1. The van der Waals surface area contributed by atoms with Crippen LogP contribution >= 0.6 is 11.3 Å². The number of hydrogen-bond acceptors (Lipinski definition) is 4. The fourth-order valence-electron chi connectivity index (χ4n) is 3.43. The van der Waals surface area contributed by atoms with Crippen molar-refractivity contribution in [2.75, 3.05) is 0 Å². The van der Waals surface area contributed by atoms with E-state index in [0.717, 1.165) is 48.7 Å². The monoisotopic (exact) mass is 362 g/mol. The zero-order chi connectivity index (χ0) is 17.8. The quantitative estimate of drug-likeness (QED) is 0.757. The molecule has 0 spiro atoms. The van der Waals surface area contributed by atoms with Gasteiger partial charge in [-0.1, -0.05) is 26.2 Å². The summed E-state index contributed by atoms with van der Waals surface area (Å²) in [5.41, 5.74) is 1.51. The Balaban J connectivity index is 1.69. The second kappa shape index (κ2) is 8.04. The lowest BCUT2D eigenvalue weighted by molar-refractivity contribution is -0.131. The van der Waals surface area contributed by atoms with Crippen molar-refractivity contribution in [3.63, 3.8) is 0 Å². The van der Waals surface area contributed by atoms with Crippen molar-refractivity contribution < 1.29 is 14.3 Å². The van der Waals surface area contributed by atoms with Gasteiger partial charge in [0.2, 0.25) is 0 Å². The topological polar surface area (TPSA) is 60.3 Å². The number of carbonyl (C=O) groups is 2. The van der Waals surface area contributed by atoms with Gasteiger partial charge in [-0.25, -0.2) is 4.79 Å². The molecule has 25 heavy (non-hydrogen) atoms. The molecule has 1 aliphatic rings. The molecule has 136 valence electrons. The number of nitrogens with one attached hydrogen (secondary N) is 1. The maximum absolute atomic E-state index is 12.6. The summed E-state index contributed by atoms with van der Waals surface area (Å²) >= 11 is 1.59. The van der Waals surface area contributed by atoms with Crippen molar-refractivity contribution in [3.8, 4) is 0 Å². The normalized spacial score (nSPS) is 16.2. The molecule has 0 radical (unpaired) electrons. The summed E-state index contributed by atoms with van der Waals surface area (Å²) in [6.07, 6.45) is 6.04. The summed E-state index contributed by atoms with van der Waals surface area (Å²) in [4.78, 5) is 25.2. The van der Waals surface area contributed by atoms with Crippen LogP contribution in [0.15, 0.2) is 17.5 Å². The maximum Gasteiger partial charge on any atom is 0.355 e. The third kappa shape index (κ3) is 4.06. The predicted molar refractivity (Wildman–Crippen MR) is 99.9 cm³/mol. The van der Waals surface area contributed by atoms with Crippen molar-refractivity contribution in [2.45, 2.75) is 64.0 Å². The van der Waals surface area contributed by atoms with Crippen LogP contribution in [-0.4, -0.2) is 28.6 Å². The standard InChI is InChI=1S/C19H26N2O3S/c1-3-4-9-16(18(22)20-13-7-5-6-8-13)24-19(23)15-12-17-14(21(15)2)10-11-25-17/h10-13,16H,3-9H2,1-2H3,(H,20,22). The molecule has 1 atom stereocenters. The second-order valence-electron chi connectivity index (χ2n) is 6.78. The lowest BCUT2D eigenvalue weighted by Gasteiger charge is -2.20. The first-order valence-corrected chi connectivity index (χ1v) is 10.0. The Kier molecular flexibility index (Phi) is 5.78. The zero-order valence-electron chi connectivity index (χ0n) is 14.9. The fourth-order valence-corrected chi connectivity index (χ4v) is 4.28. The molecule has 5 nitrogen and oxygen atoms in total. The molecular formula is C19H26N2O3S. The van der Waals surface area contributed by atoms with Gasteiger partial charge in [0, 0.05) is 13.1 Å². The molecule has 0 aromatic carbocycles. The number of thiophene rings is 1. The fraction of sp³-hybridized carbons (Fsp3) is 0.579. The molecule has 2 aromatic rings. The molecule has 1 unspecified atom stereocenters. The van der Waals surface area contributed by atoms with Crippen molar-refractivity contribution in [1.82, 2.24) is 9.88 Å². The molecule has 6 heteroatoms. The first-order valence-electron chi connectivity index (χ1n) is 9.14. The minimum atomic E-state index is -0.707. The molecular weight excluding hydrogens is 336 g/mol. The third-order valence-electron chi connectivity index (χ3n) is 4.94. The summed E-state index contributed by atoms with van der Waals surface area (Å²) in [6, 6.07) is 4.06. The number of amides is 1. The van der Waals surface area contributed by atoms with Gasteiger partial charge in [0.05, 0.1) is 10.2 Å². The van der Waals surface area contributed by atoms with Gasteiger partial charge in [-0.05, 0) is 43.2 Å². The molecule has 0 bridgehead atoms. The van der Waals surface area contributed by atoms with Gasteiger partial charge in [0.25, 0.3) is 5.91 Å².